The highest BCUT2D eigenvalue weighted by Gasteiger charge is 2.00. The van der Waals surface area contributed by atoms with E-state index >= 15 is 0 Å². The Morgan fingerprint density at radius 2 is 2.20 bits per heavy atom. The molecule has 1 rings (SSSR count). The maximum absolute atomic E-state index is 5.78. The maximum Gasteiger partial charge on any atom is 0.275 e. The second-order valence-corrected chi connectivity index (χ2v) is 2.68. The van der Waals surface area contributed by atoms with Crippen molar-refractivity contribution in [1.29, 1.82) is 0 Å². The van der Waals surface area contributed by atoms with Crippen LogP contribution in [0.15, 0.2) is 24.4 Å². The second-order valence-electron chi connectivity index (χ2n) is 1.61. The number of hydrogen-bond acceptors (Lipinski definition) is 0. The summed E-state index contributed by atoms with van der Waals surface area (Å²) in [7, 11) is 0. The molecule has 0 N–H and O–H groups in total. The summed E-state index contributed by atoms with van der Waals surface area (Å²) in [6.45, 7) is 0. The third kappa shape index (κ3) is 2.60. The van der Waals surface area contributed by atoms with Crippen LogP contribution in [0.2, 0.25) is 5.15 Å². The Morgan fingerprint density at radius 1 is 1.50 bits per heavy atom. The first-order chi connectivity index (χ1) is 4.34. The van der Waals surface area contributed by atoms with Gasteiger partial charge in [-0.25, -0.2) is 0 Å². The topological polar surface area (TPSA) is 3.88 Å². The highest BCUT2D eigenvalue weighted by atomic mass is 127. The first-order valence-corrected chi connectivity index (χ1v) is 4.45. The zero-order chi connectivity index (χ0) is 6.69. The van der Waals surface area contributed by atoms with Crippen LogP contribution in [0.1, 0.15) is 0 Å². The van der Waals surface area contributed by atoms with Gasteiger partial charge in [0, 0.05) is 12.1 Å². The molecule has 0 aromatic carbocycles. The normalized spacial score (nSPS) is 8.60. The monoisotopic (exact) mass is 289 g/mol. The number of pyridine rings is 1. The van der Waals surface area contributed by atoms with Crippen molar-refractivity contribution in [3.8, 4) is 0 Å². The summed E-state index contributed by atoms with van der Waals surface area (Å²) in [6, 6.07) is 5.76. The van der Waals surface area contributed by atoms with Crippen molar-refractivity contribution in [1.82, 2.24) is 0 Å². The van der Waals surface area contributed by atoms with E-state index in [4.69, 9.17) is 11.6 Å². The molecule has 0 unspecified atom stereocenters. The van der Waals surface area contributed by atoms with Crippen LogP contribution in [0.5, 0.6) is 0 Å². The predicted octanol–water partition coefficient (Wildman–Crippen LogP) is -0.976. The lowest BCUT2D eigenvalue weighted by atomic mass is 10.5. The van der Waals surface area contributed by atoms with E-state index in [2.05, 4.69) is 22.6 Å². The predicted molar refractivity (Wildman–Crippen MR) is 45.7 cm³/mol. The molecule has 1 heterocycles. The second kappa shape index (κ2) is 5.16. The fraction of sp³-hybridized carbons (Fsp3) is 0.167. The van der Waals surface area contributed by atoms with Gasteiger partial charge in [0.25, 0.3) is 5.15 Å². The lowest BCUT2D eigenvalue weighted by Gasteiger charge is -1.89. The minimum absolute atomic E-state index is 0. The smallest absolute Gasteiger partial charge is 0.275 e. The molecule has 0 bridgehead atoms. The highest BCUT2D eigenvalue weighted by molar-refractivity contribution is 14.1. The van der Waals surface area contributed by atoms with Crippen molar-refractivity contribution < 1.29 is 17.0 Å². The van der Waals surface area contributed by atoms with Gasteiger partial charge in [0.1, 0.15) is 0 Å². The van der Waals surface area contributed by atoms with E-state index in [-0.39, 0.29) is 12.4 Å². The summed E-state index contributed by atoms with van der Waals surface area (Å²) in [5.41, 5.74) is 0. The van der Waals surface area contributed by atoms with Gasteiger partial charge in [0.05, 0.1) is 0 Å². The molecule has 0 atom stereocenters. The van der Waals surface area contributed by atoms with Gasteiger partial charge in [-0.15, -0.1) is 0 Å². The maximum atomic E-state index is 5.78. The van der Waals surface area contributed by atoms with Crippen LogP contribution in [0.3, 0.4) is 0 Å². The Morgan fingerprint density at radius 3 is 2.60 bits per heavy atom. The van der Waals surface area contributed by atoms with Gasteiger partial charge in [0.15, 0.2) is 10.7 Å². The van der Waals surface area contributed by atoms with E-state index < -0.39 is 0 Å². The third-order valence-corrected chi connectivity index (χ3v) is 2.09. The molecule has 0 saturated carbocycles. The van der Waals surface area contributed by atoms with Crippen LogP contribution in [0.4, 0.5) is 0 Å². The molecule has 0 spiro atoms. The van der Waals surface area contributed by atoms with Crippen molar-refractivity contribution in [3.63, 3.8) is 0 Å². The molecule has 1 aromatic heterocycles. The lowest BCUT2D eigenvalue weighted by molar-refractivity contribution is -0.668. The number of alkyl halides is 1. The average Bonchev–Trinajstić information content (AvgIpc) is 1.89. The van der Waals surface area contributed by atoms with E-state index in [9.17, 15) is 0 Å². The molecular formula is C6H6Cl2IN. The fourth-order valence-electron chi connectivity index (χ4n) is 0.552. The molecule has 10 heavy (non-hydrogen) atoms. The van der Waals surface area contributed by atoms with Gasteiger partial charge in [-0.3, -0.25) is 0 Å². The first-order valence-electron chi connectivity index (χ1n) is 2.54. The largest absolute Gasteiger partial charge is 1.00 e. The first kappa shape index (κ1) is 10.5. The molecule has 0 aliphatic carbocycles. The Kier molecular flexibility index (Phi) is 5.39. The molecule has 4 heteroatoms. The molecule has 0 fully saturated rings. The van der Waals surface area contributed by atoms with Crippen LogP contribution in [0.25, 0.3) is 0 Å². The minimum atomic E-state index is 0. The van der Waals surface area contributed by atoms with Gasteiger partial charge in [0.2, 0.25) is 0 Å². The summed E-state index contributed by atoms with van der Waals surface area (Å²) >= 11 is 8.04. The standard InChI is InChI=1S/C6H6ClIN.ClH/c7-6-3-1-2-4-9(6)5-8;/h1-4H,5H2;1H/q+1;/p-1. The molecule has 0 radical (unpaired) electrons. The number of hydrogen-bond donors (Lipinski definition) is 0. The van der Waals surface area contributed by atoms with Crippen LogP contribution in [0, 0.1) is 0 Å². The molecule has 0 saturated heterocycles. The van der Waals surface area contributed by atoms with Crippen molar-refractivity contribution in [2.75, 3.05) is 0 Å². The molecule has 56 valence electrons. The number of nitrogens with zero attached hydrogens (tertiary/aromatic N) is 1. The molecular weight excluding hydrogens is 284 g/mol. The van der Waals surface area contributed by atoms with Crippen molar-refractivity contribution in [2.45, 2.75) is 4.55 Å². The lowest BCUT2D eigenvalue weighted by Crippen LogP contribution is -3.00. The average molecular weight is 290 g/mol. The summed E-state index contributed by atoms with van der Waals surface area (Å²) in [5.74, 6) is 0. The third-order valence-electron chi connectivity index (χ3n) is 1.01. The van der Waals surface area contributed by atoms with Gasteiger partial charge in [-0.2, -0.15) is 4.57 Å². The van der Waals surface area contributed by atoms with Crippen molar-refractivity contribution >= 4 is 34.2 Å². The molecule has 0 amide bonds. The van der Waals surface area contributed by atoms with Crippen LogP contribution in [-0.2, 0) is 4.55 Å². The Hall–Kier alpha value is 0.460. The Balaban J connectivity index is 0.000000810. The van der Waals surface area contributed by atoms with Crippen molar-refractivity contribution in [3.05, 3.63) is 29.5 Å². The highest BCUT2D eigenvalue weighted by Crippen LogP contribution is 1.99. The zero-order valence-electron chi connectivity index (χ0n) is 5.10. The van der Waals surface area contributed by atoms with Crippen LogP contribution in [-0.4, -0.2) is 0 Å². The zero-order valence-corrected chi connectivity index (χ0v) is 8.77. The summed E-state index contributed by atoms with van der Waals surface area (Å²) in [6.07, 6.45) is 1.95. The van der Waals surface area contributed by atoms with Crippen LogP contribution >= 0.6 is 34.2 Å². The quantitative estimate of drug-likeness (QED) is 0.271. The Labute approximate surface area is 84.9 Å². The van der Waals surface area contributed by atoms with E-state index in [0.717, 1.165) is 9.70 Å². The van der Waals surface area contributed by atoms with Gasteiger partial charge >= 0.3 is 0 Å². The summed E-state index contributed by atoms with van der Waals surface area (Å²) in [4.78, 5) is 0. The molecule has 1 aromatic rings. The summed E-state index contributed by atoms with van der Waals surface area (Å²) in [5, 5.41) is 0.784. The number of aromatic nitrogens is 1. The van der Waals surface area contributed by atoms with Gasteiger partial charge < -0.3 is 12.4 Å². The number of halogens is 3. The van der Waals surface area contributed by atoms with E-state index in [1.165, 1.54) is 0 Å². The van der Waals surface area contributed by atoms with E-state index in [1.807, 2.05) is 29.0 Å². The molecule has 0 aliphatic rings. The Bertz CT molecular complexity index is 205. The summed E-state index contributed by atoms with van der Waals surface area (Å²) < 4.78 is 2.86. The van der Waals surface area contributed by atoms with Gasteiger partial charge in [-0.05, 0) is 40.3 Å². The SMILES string of the molecule is Clc1cccc[n+]1CI.[Cl-]. The minimum Gasteiger partial charge on any atom is -1.00 e. The molecule has 0 aliphatic heterocycles. The number of rotatable bonds is 1. The van der Waals surface area contributed by atoms with Crippen LogP contribution < -0.4 is 17.0 Å². The van der Waals surface area contributed by atoms with E-state index in [1.54, 1.807) is 0 Å². The van der Waals surface area contributed by atoms with E-state index in [0.29, 0.717) is 0 Å². The van der Waals surface area contributed by atoms with Crippen molar-refractivity contribution in [2.24, 2.45) is 0 Å². The molecule has 1 nitrogen and oxygen atoms in total. The fourth-order valence-corrected chi connectivity index (χ4v) is 1.54. The van der Waals surface area contributed by atoms with Gasteiger partial charge in [-0.1, -0.05) is 0 Å².